The van der Waals surface area contributed by atoms with E-state index in [2.05, 4.69) is 10.7 Å². The third kappa shape index (κ3) is 4.82. The molecule has 0 aliphatic carbocycles. The van der Waals surface area contributed by atoms with Crippen LogP contribution in [0.2, 0.25) is 0 Å². The number of hydrogen-bond donors (Lipinski definition) is 2. The van der Waals surface area contributed by atoms with Crippen molar-refractivity contribution in [3.63, 3.8) is 0 Å². The number of amides is 1. The van der Waals surface area contributed by atoms with Gasteiger partial charge in [-0.25, -0.2) is 5.01 Å². The molecule has 0 spiro atoms. The van der Waals surface area contributed by atoms with Gasteiger partial charge in [0.1, 0.15) is 5.76 Å². The highest BCUT2D eigenvalue weighted by Gasteiger charge is 2.11. The summed E-state index contributed by atoms with van der Waals surface area (Å²) in [6, 6.07) is 3.51. The highest BCUT2D eigenvalue weighted by atomic mass is 32.1. The van der Waals surface area contributed by atoms with Crippen LogP contribution in [0.3, 0.4) is 0 Å². The molecular weight excluding hydrogens is 266 g/mol. The fourth-order valence-electron chi connectivity index (χ4n) is 1.54. The number of morpholine rings is 1. The van der Waals surface area contributed by atoms with Crippen molar-refractivity contribution < 1.29 is 13.9 Å². The lowest BCUT2D eigenvalue weighted by molar-refractivity contribution is -0.115. The highest BCUT2D eigenvalue weighted by Crippen LogP contribution is 2.01. The van der Waals surface area contributed by atoms with Crippen LogP contribution in [0.1, 0.15) is 5.76 Å². The number of hydrogen-bond acceptors (Lipinski definition) is 5. The molecule has 1 aromatic heterocycles. The number of thiocarbonyl (C=S) groups is 1. The Morgan fingerprint density at radius 1 is 1.42 bits per heavy atom. The topological polar surface area (TPSA) is 66.7 Å². The number of rotatable bonds is 3. The predicted octanol–water partition coefficient (Wildman–Crippen LogP) is 0.531. The lowest BCUT2D eigenvalue weighted by atomic mass is 10.4. The van der Waals surface area contributed by atoms with Crippen LogP contribution in [0.5, 0.6) is 0 Å². The lowest BCUT2D eigenvalue weighted by Crippen LogP contribution is -2.52. The summed E-state index contributed by atoms with van der Waals surface area (Å²) in [7, 11) is 0. The molecule has 0 radical (unpaired) electrons. The third-order valence-corrected chi connectivity index (χ3v) is 2.64. The number of ether oxygens (including phenoxy) is 1. The van der Waals surface area contributed by atoms with E-state index in [1.807, 2.05) is 5.01 Å². The molecule has 6 nitrogen and oxygen atoms in total. The number of furan rings is 1. The molecule has 2 rings (SSSR count). The van der Waals surface area contributed by atoms with Crippen LogP contribution >= 0.6 is 12.2 Å². The normalized spacial score (nSPS) is 16.4. The van der Waals surface area contributed by atoms with E-state index in [0.29, 0.717) is 19.0 Å². The number of hydrazine groups is 1. The second kappa shape index (κ2) is 7.03. The molecule has 1 amide bonds. The first-order chi connectivity index (χ1) is 9.24. The molecule has 0 atom stereocenters. The molecule has 1 aliphatic rings. The molecule has 0 saturated carbocycles. The van der Waals surface area contributed by atoms with Crippen LogP contribution in [0.25, 0.3) is 6.08 Å². The van der Waals surface area contributed by atoms with Crippen LogP contribution in [0, 0.1) is 0 Å². The van der Waals surface area contributed by atoms with Crippen molar-refractivity contribution in [2.24, 2.45) is 0 Å². The zero-order chi connectivity index (χ0) is 13.5. The Kier molecular flexibility index (Phi) is 5.08. The minimum atomic E-state index is -0.304. The van der Waals surface area contributed by atoms with Gasteiger partial charge in [0.05, 0.1) is 19.5 Å². The molecule has 0 aromatic carbocycles. The SMILES string of the molecule is O=C(/C=C/c1ccco1)NC(=S)NN1CCOCC1. The molecule has 1 aromatic rings. The van der Waals surface area contributed by atoms with Gasteiger partial charge in [0.2, 0.25) is 5.91 Å². The van der Waals surface area contributed by atoms with E-state index in [9.17, 15) is 4.79 Å². The van der Waals surface area contributed by atoms with Gasteiger partial charge in [0, 0.05) is 19.2 Å². The third-order valence-electron chi connectivity index (χ3n) is 2.45. The van der Waals surface area contributed by atoms with Crippen LogP contribution in [0.15, 0.2) is 28.9 Å². The second-order valence-corrected chi connectivity index (χ2v) is 4.29. The Bertz CT molecular complexity index is 453. The molecule has 1 saturated heterocycles. The summed E-state index contributed by atoms with van der Waals surface area (Å²) in [4.78, 5) is 11.6. The maximum absolute atomic E-state index is 11.6. The van der Waals surface area contributed by atoms with E-state index in [1.165, 1.54) is 6.08 Å². The van der Waals surface area contributed by atoms with Gasteiger partial charge in [-0.2, -0.15) is 0 Å². The summed E-state index contributed by atoms with van der Waals surface area (Å²) in [6.45, 7) is 2.78. The molecule has 7 heteroatoms. The monoisotopic (exact) mass is 281 g/mol. The van der Waals surface area contributed by atoms with E-state index in [-0.39, 0.29) is 11.0 Å². The molecule has 102 valence electrons. The van der Waals surface area contributed by atoms with Crippen molar-refractivity contribution in [1.29, 1.82) is 0 Å². The van der Waals surface area contributed by atoms with Gasteiger partial charge >= 0.3 is 0 Å². The van der Waals surface area contributed by atoms with Crippen molar-refractivity contribution in [3.8, 4) is 0 Å². The Hall–Kier alpha value is -1.70. The van der Waals surface area contributed by atoms with Crippen molar-refractivity contribution >= 4 is 29.3 Å². The second-order valence-electron chi connectivity index (χ2n) is 3.88. The lowest BCUT2D eigenvalue weighted by Gasteiger charge is -2.27. The largest absolute Gasteiger partial charge is 0.465 e. The summed E-state index contributed by atoms with van der Waals surface area (Å²) in [6.07, 6.45) is 4.49. The Morgan fingerprint density at radius 2 is 2.21 bits per heavy atom. The smallest absolute Gasteiger partial charge is 0.250 e. The first kappa shape index (κ1) is 13.7. The minimum absolute atomic E-state index is 0.274. The Labute approximate surface area is 116 Å². The standard InChI is InChI=1S/C12H15N3O3S/c16-11(4-3-10-2-1-7-18-10)13-12(19)14-15-5-8-17-9-6-15/h1-4,7H,5-6,8-9H2,(H2,13,14,16,19)/b4-3+. The summed E-state index contributed by atoms with van der Waals surface area (Å²) >= 11 is 5.04. The van der Waals surface area contributed by atoms with Gasteiger partial charge < -0.3 is 9.15 Å². The van der Waals surface area contributed by atoms with E-state index in [4.69, 9.17) is 21.4 Å². The fraction of sp³-hybridized carbons (Fsp3) is 0.333. The first-order valence-corrected chi connectivity index (χ1v) is 6.31. The molecule has 0 bridgehead atoms. The maximum Gasteiger partial charge on any atom is 0.250 e. The van der Waals surface area contributed by atoms with E-state index >= 15 is 0 Å². The van der Waals surface area contributed by atoms with Gasteiger partial charge in [-0.15, -0.1) is 0 Å². The number of nitrogens with zero attached hydrogens (tertiary/aromatic N) is 1. The predicted molar refractivity (Wildman–Crippen MR) is 74.0 cm³/mol. The van der Waals surface area contributed by atoms with Gasteiger partial charge in [-0.05, 0) is 30.4 Å². The number of carbonyl (C=O) groups excluding carboxylic acids is 1. The molecule has 19 heavy (non-hydrogen) atoms. The molecule has 1 aliphatic heterocycles. The van der Waals surface area contributed by atoms with Gasteiger partial charge in [0.25, 0.3) is 0 Å². The van der Waals surface area contributed by atoms with Gasteiger partial charge in [0.15, 0.2) is 5.11 Å². The Balaban J connectivity index is 1.73. The fourth-order valence-corrected chi connectivity index (χ4v) is 1.77. The van der Waals surface area contributed by atoms with E-state index in [0.717, 1.165) is 13.1 Å². The molecule has 2 heterocycles. The van der Waals surface area contributed by atoms with Crippen molar-refractivity contribution in [2.45, 2.75) is 0 Å². The van der Waals surface area contributed by atoms with E-state index in [1.54, 1.807) is 24.5 Å². The van der Waals surface area contributed by atoms with Crippen molar-refractivity contribution in [3.05, 3.63) is 30.2 Å². The summed E-state index contributed by atoms with van der Waals surface area (Å²) in [5.74, 6) is 0.310. The summed E-state index contributed by atoms with van der Waals surface area (Å²) in [5, 5.41) is 4.74. The van der Waals surface area contributed by atoms with Crippen LogP contribution in [-0.2, 0) is 9.53 Å². The van der Waals surface area contributed by atoms with Crippen LogP contribution < -0.4 is 10.7 Å². The number of nitrogens with one attached hydrogen (secondary N) is 2. The quantitative estimate of drug-likeness (QED) is 0.622. The maximum atomic E-state index is 11.6. The minimum Gasteiger partial charge on any atom is -0.465 e. The molecule has 0 unspecified atom stereocenters. The Morgan fingerprint density at radius 3 is 2.89 bits per heavy atom. The highest BCUT2D eigenvalue weighted by molar-refractivity contribution is 7.80. The molecule has 2 N–H and O–H groups in total. The van der Waals surface area contributed by atoms with Gasteiger partial charge in [-0.1, -0.05) is 0 Å². The van der Waals surface area contributed by atoms with Gasteiger partial charge in [-0.3, -0.25) is 15.5 Å². The van der Waals surface area contributed by atoms with Crippen LogP contribution in [0.4, 0.5) is 0 Å². The van der Waals surface area contributed by atoms with Crippen molar-refractivity contribution in [2.75, 3.05) is 26.3 Å². The first-order valence-electron chi connectivity index (χ1n) is 5.90. The van der Waals surface area contributed by atoms with E-state index < -0.39 is 0 Å². The van der Waals surface area contributed by atoms with Crippen molar-refractivity contribution in [1.82, 2.24) is 15.8 Å². The average Bonchev–Trinajstić information content (AvgIpc) is 2.90. The summed E-state index contributed by atoms with van der Waals surface area (Å²) in [5.41, 5.74) is 2.94. The van der Waals surface area contributed by atoms with Crippen LogP contribution in [-0.4, -0.2) is 42.3 Å². The average molecular weight is 281 g/mol. The zero-order valence-electron chi connectivity index (χ0n) is 10.3. The number of carbonyl (C=O) groups is 1. The molecular formula is C12H15N3O3S. The molecule has 1 fully saturated rings. The zero-order valence-corrected chi connectivity index (χ0v) is 11.1. The summed E-state index contributed by atoms with van der Waals surface area (Å²) < 4.78 is 10.3.